The monoisotopic (exact) mass is 538 g/mol. The zero-order chi connectivity index (χ0) is 24.9. The molecule has 3 aromatic carbocycles. The largest absolute Gasteiger partial charge is 0.367 e. The first-order chi connectivity index (χ1) is 16.8. The number of hydrogen-bond acceptors (Lipinski definition) is 3. The van der Waals surface area contributed by atoms with Crippen LogP contribution in [0.15, 0.2) is 60.7 Å². The fourth-order valence-corrected chi connectivity index (χ4v) is 4.70. The molecule has 9 heteroatoms. The van der Waals surface area contributed by atoms with Crippen molar-refractivity contribution in [2.75, 3.05) is 32.7 Å². The van der Waals surface area contributed by atoms with Gasteiger partial charge in [0.2, 0.25) is 0 Å². The van der Waals surface area contributed by atoms with E-state index in [2.05, 4.69) is 4.90 Å². The smallest absolute Gasteiger partial charge is 0.256 e. The van der Waals surface area contributed by atoms with Crippen molar-refractivity contribution in [1.29, 1.82) is 0 Å². The highest BCUT2D eigenvalue weighted by molar-refractivity contribution is 6.39. The Bertz CT molecular complexity index is 1150. The molecule has 0 aliphatic carbocycles. The molecule has 184 valence electrons. The molecule has 0 unspecified atom stereocenters. The second-order valence-corrected chi connectivity index (χ2v) is 9.49. The molecule has 3 aromatic rings. The minimum atomic E-state index is -0.648. The molecule has 1 amide bonds. The third-order valence-electron chi connectivity index (χ3n) is 5.99. The fourth-order valence-electron chi connectivity index (χ4n) is 4.01. The van der Waals surface area contributed by atoms with E-state index in [1.54, 1.807) is 35.2 Å². The van der Waals surface area contributed by atoms with Crippen LogP contribution in [0, 0.1) is 11.6 Å². The molecule has 1 saturated heterocycles. The summed E-state index contributed by atoms with van der Waals surface area (Å²) in [4.78, 5) is 16.8. The van der Waals surface area contributed by atoms with Crippen LogP contribution in [0.4, 0.5) is 8.78 Å². The van der Waals surface area contributed by atoms with Gasteiger partial charge in [0.1, 0.15) is 11.6 Å². The summed E-state index contributed by atoms with van der Waals surface area (Å²) in [5.41, 5.74) is 1.03. The van der Waals surface area contributed by atoms with Gasteiger partial charge in [-0.05, 0) is 42.0 Å². The Balaban J connectivity index is 1.43. The maximum absolute atomic E-state index is 14.1. The number of nitrogens with zero attached hydrogens (tertiary/aromatic N) is 2. The van der Waals surface area contributed by atoms with Gasteiger partial charge in [-0.2, -0.15) is 0 Å². The van der Waals surface area contributed by atoms with E-state index in [-0.39, 0.29) is 18.1 Å². The molecule has 4 nitrogen and oxygen atoms in total. The zero-order valence-corrected chi connectivity index (χ0v) is 21.0. The first-order valence-electron chi connectivity index (χ1n) is 11.1. The van der Waals surface area contributed by atoms with Crippen LogP contribution in [0.1, 0.15) is 27.6 Å². The Morgan fingerprint density at radius 2 is 1.43 bits per heavy atom. The minimum Gasteiger partial charge on any atom is -0.367 e. The topological polar surface area (TPSA) is 32.8 Å². The quantitative estimate of drug-likeness (QED) is 0.337. The molecule has 1 atom stereocenters. The van der Waals surface area contributed by atoms with Crippen LogP contribution in [0.2, 0.25) is 15.1 Å². The maximum Gasteiger partial charge on any atom is 0.256 e. The summed E-state index contributed by atoms with van der Waals surface area (Å²) >= 11 is 18.4. The number of rotatable bonds is 7. The van der Waals surface area contributed by atoms with Crippen molar-refractivity contribution in [2.45, 2.75) is 12.7 Å². The summed E-state index contributed by atoms with van der Waals surface area (Å²) in [6.45, 7) is 2.41. The van der Waals surface area contributed by atoms with E-state index in [9.17, 15) is 13.6 Å². The fraction of sp³-hybridized carbons (Fsp3) is 0.269. The Labute approximate surface area is 217 Å². The van der Waals surface area contributed by atoms with Crippen LogP contribution in [-0.2, 0) is 11.3 Å². The summed E-state index contributed by atoms with van der Waals surface area (Å²) < 4.78 is 34.3. The van der Waals surface area contributed by atoms with Gasteiger partial charge in [-0.1, -0.05) is 59.1 Å². The van der Waals surface area contributed by atoms with Crippen molar-refractivity contribution in [2.24, 2.45) is 0 Å². The number of halogens is 5. The molecule has 1 aliphatic heterocycles. The molecule has 4 rings (SSSR count). The third kappa shape index (κ3) is 6.32. The van der Waals surface area contributed by atoms with Gasteiger partial charge in [0, 0.05) is 43.3 Å². The van der Waals surface area contributed by atoms with E-state index in [0.29, 0.717) is 53.4 Å². The molecule has 0 spiro atoms. The Kier molecular flexibility index (Phi) is 8.63. The average molecular weight is 540 g/mol. The van der Waals surface area contributed by atoms with E-state index < -0.39 is 17.7 Å². The molecular weight excluding hydrogens is 517 g/mol. The summed E-state index contributed by atoms with van der Waals surface area (Å²) in [5.74, 6) is -1.50. The van der Waals surface area contributed by atoms with Crippen LogP contribution >= 0.6 is 34.8 Å². The predicted octanol–water partition coefficient (Wildman–Crippen LogP) is 6.64. The van der Waals surface area contributed by atoms with Gasteiger partial charge in [-0.15, -0.1) is 0 Å². The van der Waals surface area contributed by atoms with Gasteiger partial charge >= 0.3 is 0 Å². The third-order valence-corrected chi connectivity index (χ3v) is 6.87. The normalized spacial score (nSPS) is 15.3. The van der Waals surface area contributed by atoms with Crippen molar-refractivity contribution in [1.82, 2.24) is 9.80 Å². The molecule has 1 fully saturated rings. The highest BCUT2D eigenvalue weighted by Crippen LogP contribution is 2.27. The molecule has 0 aromatic heterocycles. The van der Waals surface area contributed by atoms with Crippen LogP contribution in [0.5, 0.6) is 0 Å². The number of ether oxygens (including phenoxy) is 1. The highest BCUT2D eigenvalue weighted by atomic mass is 35.5. The zero-order valence-electron chi connectivity index (χ0n) is 18.7. The van der Waals surface area contributed by atoms with Gasteiger partial charge in [-0.25, -0.2) is 8.78 Å². The second-order valence-electron chi connectivity index (χ2n) is 8.24. The van der Waals surface area contributed by atoms with Crippen LogP contribution < -0.4 is 0 Å². The van der Waals surface area contributed by atoms with E-state index in [1.165, 1.54) is 18.2 Å². The second kappa shape index (κ2) is 11.7. The van der Waals surface area contributed by atoms with Crippen molar-refractivity contribution in [3.05, 3.63) is 104 Å². The Morgan fingerprint density at radius 1 is 0.857 bits per heavy atom. The minimum absolute atomic E-state index is 0.113. The SMILES string of the molecule is O=C(c1c(Cl)cccc1Cl)N1CCN(C[C@H](OCc2c(F)cccc2F)c2ccc(Cl)cc2)CC1. The number of amides is 1. The van der Waals surface area contributed by atoms with Gasteiger partial charge < -0.3 is 9.64 Å². The standard InChI is InChI=1S/C26H23Cl3F2N2O2/c27-18-9-7-17(8-10-18)24(35-16-19-22(30)5-2-6-23(19)31)15-32-11-13-33(14-12-32)26(34)25-20(28)3-1-4-21(25)29/h1-10,24H,11-16H2/t24-/m0/s1. The van der Waals surface area contributed by atoms with Gasteiger partial charge in [0.15, 0.2) is 0 Å². The predicted molar refractivity (Wildman–Crippen MR) is 134 cm³/mol. The van der Waals surface area contributed by atoms with Gasteiger partial charge in [0.05, 0.1) is 28.3 Å². The number of piperazine rings is 1. The van der Waals surface area contributed by atoms with Crippen LogP contribution in [0.25, 0.3) is 0 Å². The number of carbonyl (C=O) groups excluding carboxylic acids is 1. The molecule has 0 N–H and O–H groups in total. The summed E-state index contributed by atoms with van der Waals surface area (Å²) in [6.07, 6.45) is -0.452. The first-order valence-corrected chi connectivity index (χ1v) is 12.2. The summed E-state index contributed by atoms with van der Waals surface area (Å²) in [6, 6.07) is 15.9. The first kappa shape index (κ1) is 25.9. The molecule has 0 bridgehead atoms. The van der Waals surface area contributed by atoms with Crippen molar-refractivity contribution in [3.63, 3.8) is 0 Å². The van der Waals surface area contributed by atoms with Crippen molar-refractivity contribution < 1.29 is 18.3 Å². The number of benzene rings is 3. The Hall–Kier alpha value is -2.22. The molecule has 0 radical (unpaired) electrons. The molecule has 0 saturated carbocycles. The van der Waals surface area contributed by atoms with Crippen molar-refractivity contribution in [3.8, 4) is 0 Å². The van der Waals surface area contributed by atoms with Gasteiger partial charge in [-0.3, -0.25) is 9.69 Å². The Morgan fingerprint density at radius 3 is 2.03 bits per heavy atom. The molecule has 1 aliphatic rings. The lowest BCUT2D eigenvalue weighted by Gasteiger charge is -2.36. The lowest BCUT2D eigenvalue weighted by atomic mass is 10.1. The summed E-state index contributed by atoms with van der Waals surface area (Å²) in [5, 5.41) is 1.22. The molecule has 35 heavy (non-hydrogen) atoms. The van der Waals surface area contributed by atoms with Crippen molar-refractivity contribution >= 4 is 40.7 Å². The lowest BCUT2D eigenvalue weighted by molar-refractivity contribution is 0.00145. The average Bonchev–Trinajstić information content (AvgIpc) is 2.84. The van der Waals surface area contributed by atoms with E-state index in [4.69, 9.17) is 39.5 Å². The lowest BCUT2D eigenvalue weighted by Crippen LogP contribution is -2.49. The highest BCUT2D eigenvalue weighted by Gasteiger charge is 2.27. The molecular formula is C26H23Cl3F2N2O2. The van der Waals surface area contributed by atoms with E-state index in [1.807, 2.05) is 12.1 Å². The molecule has 1 heterocycles. The van der Waals surface area contributed by atoms with E-state index >= 15 is 0 Å². The van der Waals surface area contributed by atoms with E-state index in [0.717, 1.165) is 5.56 Å². The van der Waals surface area contributed by atoms with Gasteiger partial charge in [0.25, 0.3) is 5.91 Å². The van der Waals surface area contributed by atoms with Crippen LogP contribution in [0.3, 0.4) is 0 Å². The maximum atomic E-state index is 14.1. The number of hydrogen-bond donors (Lipinski definition) is 0. The number of carbonyl (C=O) groups is 1. The van der Waals surface area contributed by atoms with Crippen LogP contribution in [-0.4, -0.2) is 48.4 Å². The summed E-state index contributed by atoms with van der Waals surface area (Å²) in [7, 11) is 0.